The lowest BCUT2D eigenvalue weighted by Gasteiger charge is -2.12. The Kier molecular flexibility index (Phi) is 6.25. The van der Waals surface area contributed by atoms with Gasteiger partial charge < -0.3 is 4.74 Å². The van der Waals surface area contributed by atoms with Crippen LogP contribution in [0.5, 0.6) is 0 Å². The van der Waals surface area contributed by atoms with Crippen LogP contribution < -0.4 is 0 Å². The van der Waals surface area contributed by atoms with Gasteiger partial charge in [-0.15, -0.1) is 0 Å². The number of ether oxygens (including phenoxy) is 1. The number of carbonyl (C=O) groups is 1. The number of halogens is 2. The van der Waals surface area contributed by atoms with Crippen LogP contribution in [0.15, 0.2) is 0 Å². The molecule has 0 saturated carbocycles. The van der Waals surface area contributed by atoms with Crippen LogP contribution in [0.4, 0.5) is 0 Å². The van der Waals surface area contributed by atoms with E-state index in [1.54, 1.807) is 6.92 Å². The van der Waals surface area contributed by atoms with Crippen LogP contribution >= 0.6 is 27.0 Å². The Morgan fingerprint density at radius 3 is 2.54 bits per heavy atom. The predicted molar refractivity (Wildman–Crippen MR) is 62.1 cm³/mol. The van der Waals surface area contributed by atoms with Gasteiger partial charge >= 0.3 is 5.97 Å². The summed E-state index contributed by atoms with van der Waals surface area (Å²) in [5.41, 5.74) is 0. The van der Waals surface area contributed by atoms with Gasteiger partial charge in [0.05, 0.1) is 6.61 Å². The summed E-state index contributed by atoms with van der Waals surface area (Å²) in [4.78, 5) is 10.8. The van der Waals surface area contributed by atoms with E-state index in [4.69, 9.17) is 15.8 Å². The minimum atomic E-state index is -1.49. The normalized spacial score (nSPS) is 13.9. The Morgan fingerprint density at radius 1 is 1.62 bits per heavy atom. The Labute approximate surface area is 93.8 Å². The molecule has 0 bridgehead atoms. The molecule has 0 N–H and O–H groups in total. The second-order valence-corrected chi connectivity index (χ2v) is 12.0. The molecule has 0 amide bonds. The summed E-state index contributed by atoms with van der Waals surface area (Å²) in [5.74, 6) is -0.200. The van der Waals surface area contributed by atoms with Crippen LogP contribution in [0.3, 0.4) is 0 Å². The summed E-state index contributed by atoms with van der Waals surface area (Å²) in [6.45, 7) is 6.41. The fourth-order valence-electron chi connectivity index (χ4n) is 0.780. The standard InChI is InChI=1S/C8H16BrClO2Si/c1-7(9)8(11)12-5-4-6-13(2,3)10/h7H,4-6H2,1-3H3. The molecule has 5 heteroatoms. The number of hydrogen-bond donors (Lipinski definition) is 0. The molecule has 0 spiro atoms. The van der Waals surface area contributed by atoms with Crippen LogP contribution in [-0.4, -0.2) is 24.8 Å². The third-order valence-corrected chi connectivity index (χ3v) is 3.97. The third-order valence-electron chi connectivity index (χ3n) is 1.48. The maximum atomic E-state index is 11.0. The molecular formula is C8H16BrClO2Si. The summed E-state index contributed by atoms with van der Waals surface area (Å²) in [5, 5.41) is 0. The van der Waals surface area contributed by atoms with Crippen molar-refractivity contribution in [2.24, 2.45) is 0 Å². The monoisotopic (exact) mass is 286 g/mol. The topological polar surface area (TPSA) is 26.3 Å². The van der Waals surface area contributed by atoms with Gasteiger partial charge in [0.1, 0.15) is 4.83 Å². The van der Waals surface area contributed by atoms with Gasteiger partial charge in [-0.2, -0.15) is 11.1 Å². The largest absolute Gasteiger partial charge is 0.465 e. The van der Waals surface area contributed by atoms with Gasteiger partial charge in [0, 0.05) is 0 Å². The summed E-state index contributed by atoms with van der Waals surface area (Å²) in [7, 11) is -1.49. The first kappa shape index (κ1) is 13.5. The van der Waals surface area contributed by atoms with E-state index >= 15 is 0 Å². The molecule has 0 aromatic carbocycles. The molecule has 78 valence electrons. The number of alkyl halides is 1. The van der Waals surface area contributed by atoms with Crippen molar-refractivity contribution in [3.8, 4) is 0 Å². The molecule has 0 rings (SSSR count). The average Bonchev–Trinajstić information content (AvgIpc) is 1.95. The van der Waals surface area contributed by atoms with Gasteiger partial charge in [0.25, 0.3) is 0 Å². The minimum Gasteiger partial charge on any atom is -0.465 e. The SMILES string of the molecule is CC(Br)C(=O)OCCC[Si](C)(C)Cl. The average molecular weight is 288 g/mol. The zero-order valence-corrected chi connectivity index (χ0v) is 11.6. The molecule has 0 aromatic heterocycles. The summed E-state index contributed by atoms with van der Waals surface area (Å²) in [6, 6.07) is 0.985. The second-order valence-electron chi connectivity index (χ2n) is 3.61. The lowest BCUT2D eigenvalue weighted by Crippen LogP contribution is -2.19. The molecule has 0 aliphatic heterocycles. The van der Waals surface area contributed by atoms with Crippen molar-refractivity contribution < 1.29 is 9.53 Å². The Balaban J connectivity index is 3.42. The first-order valence-corrected chi connectivity index (χ1v) is 9.46. The molecule has 0 aliphatic rings. The van der Waals surface area contributed by atoms with E-state index in [-0.39, 0.29) is 10.8 Å². The predicted octanol–water partition coefficient (Wildman–Crippen LogP) is 3.15. The molecule has 0 heterocycles. The van der Waals surface area contributed by atoms with Gasteiger partial charge in [-0.3, -0.25) is 4.79 Å². The van der Waals surface area contributed by atoms with Crippen LogP contribution in [0, 0.1) is 0 Å². The van der Waals surface area contributed by atoms with Crippen molar-refractivity contribution in [1.29, 1.82) is 0 Å². The second kappa shape index (κ2) is 6.04. The summed E-state index contributed by atoms with van der Waals surface area (Å²) in [6.07, 6.45) is 0.869. The maximum Gasteiger partial charge on any atom is 0.319 e. The Morgan fingerprint density at radius 2 is 2.15 bits per heavy atom. The van der Waals surface area contributed by atoms with Gasteiger partial charge in [-0.1, -0.05) is 29.0 Å². The van der Waals surface area contributed by atoms with Crippen LogP contribution in [0.25, 0.3) is 0 Å². The first-order chi connectivity index (χ1) is 5.83. The highest BCUT2D eigenvalue weighted by Gasteiger charge is 2.16. The van der Waals surface area contributed by atoms with E-state index in [1.807, 2.05) is 0 Å². The van der Waals surface area contributed by atoms with Crippen molar-refractivity contribution in [3.05, 3.63) is 0 Å². The number of rotatable bonds is 5. The quantitative estimate of drug-likeness (QED) is 0.255. The lowest BCUT2D eigenvalue weighted by molar-refractivity contribution is -0.142. The lowest BCUT2D eigenvalue weighted by atomic mass is 10.5. The zero-order chi connectivity index (χ0) is 10.5. The van der Waals surface area contributed by atoms with Crippen LogP contribution in [-0.2, 0) is 9.53 Å². The Bertz CT molecular complexity index is 168. The van der Waals surface area contributed by atoms with Crippen molar-refractivity contribution in [3.63, 3.8) is 0 Å². The van der Waals surface area contributed by atoms with Crippen LogP contribution in [0.1, 0.15) is 13.3 Å². The zero-order valence-electron chi connectivity index (χ0n) is 8.27. The highest BCUT2D eigenvalue weighted by molar-refractivity contribution is 9.10. The number of carbonyl (C=O) groups excluding carboxylic acids is 1. The molecule has 1 unspecified atom stereocenters. The van der Waals surface area contributed by atoms with Gasteiger partial charge in [-0.25, -0.2) is 0 Å². The molecule has 0 aromatic rings. The molecule has 2 nitrogen and oxygen atoms in total. The maximum absolute atomic E-state index is 11.0. The molecule has 1 atom stereocenters. The van der Waals surface area contributed by atoms with Crippen molar-refractivity contribution in [2.75, 3.05) is 6.61 Å². The van der Waals surface area contributed by atoms with E-state index in [1.165, 1.54) is 0 Å². The third kappa shape index (κ3) is 8.78. The highest BCUT2D eigenvalue weighted by Crippen LogP contribution is 2.16. The molecule has 13 heavy (non-hydrogen) atoms. The number of esters is 1. The van der Waals surface area contributed by atoms with Gasteiger partial charge in [-0.05, 0) is 19.4 Å². The van der Waals surface area contributed by atoms with E-state index < -0.39 is 7.38 Å². The molecule has 0 fully saturated rings. The minimum absolute atomic E-state index is 0.200. The van der Waals surface area contributed by atoms with Crippen molar-refractivity contribution >= 4 is 40.4 Å². The van der Waals surface area contributed by atoms with E-state index in [0.29, 0.717) is 6.61 Å². The molecule has 0 saturated heterocycles. The summed E-state index contributed by atoms with van der Waals surface area (Å²) >= 11 is 9.24. The fourth-order valence-corrected chi connectivity index (χ4v) is 2.30. The van der Waals surface area contributed by atoms with E-state index in [0.717, 1.165) is 12.5 Å². The summed E-state index contributed by atoms with van der Waals surface area (Å²) < 4.78 is 4.98. The fraction of sp³-hybridized carbons (Fsp3) is 0.875. The molecule has 0 radical (unpaired) electrons. The van der Waals surface area contributed by atoms with E-state index in [2.05, 4.69) is 29.0 Å². The smallest absolute Gasteiger partial charge is 0.319 e. The molecule has 0 aliphatic carbocycles. The molecular weight excluding hydrogens is 272 g/mol. The van der Waals surface area contributed by atoms with Crippen LogP contribution in [0.2, 0.25) is 19.1 Å². The van der Waals surface area contributed by atoms with Crippen molar-refractivity contribution in [1.82, 2.24) is 0 Å². The highest BCUT2D eigenvalue weighted by atomic mass is 79.9. The van der Waals surface area contributed by atoms with E-state index in [9.17, 15) is 4.79 Å². The first-order valence-electron chi connectivity index (χ1n) is 4.32. The van der Waals surface area contributed by atoms with Gasteiger partial charge in [0.2, 0.25) is 0 Å². The number of hydrogen-bond acceptors (Lipinski definition) is 2. The van der Waals surface area contributed by atoms with Crippen molar-refractivity contribution in [2.45, 2.75) is 37.3 Å². The Hall–Kier alpha value is 0.457. The van der Waals surface area contributed by atoms with Gasteiger partial charge in [0.15, 0.2) is 7.38 Å².